The monoisotopic (exact) mass is 333 g/mol. The van der Waals surface area contributed by atoms with Gasteiger partial charge in [0.2, 0.25) is 0 Å². The highest BCUT2D eigenvalue weighted by Gasteiger charge is 2.20. The van der Waals surface area contributed by atoms with Gasteiger partial charge in [0.1, 0.15) is 0 Å². The number of rotatable bonds is 7. The molecule has 1 unspecified atom stereocenters. The summed E-state index contributed by atoms with van der Waals surface area (Å²) in [4.78, 5) is 13.0. The van der Waals surface area contributed by atoms with Crippen LogP contribution in [-0.2, 0) is 29.2 Å². The highest BCUT2D eigenvalue weighted by molar-refractivity contribution is 5.66. The van der Waals surface area contributed by atoms with Gasteiger partial charge in [-0.1, -0.05) is 0 Å². The summed E-state index contributed by atoms with van der Waals surface area (Å²) in [7, 11) is 0. The molecule has 8 nitrogen and oxygen atoms in total. The number of carboxylic acid groups (broad SMARTS) is 1. The summed E-state index contributed by atoms with van der Waals surface area (Å²) in [5, 5.41) is 17.2. The minimum Gasteiger partial charge on any atom is -0.481 e. The van der Waals surface area contributed by atoms with E-state index in [2.05, 4.69) is 15.1 Å². The van der Waals surface area contributed by atoms with Crippen LogP contribution in [0.3, 0.4) is 0 Å². The van der Waals surface area contributed by atoms with Gasteiger partial charge in [0.15, 0.2) is 0 Å². The van der Waals surface area contributed by atoms with Gasteiger partial charge in [-0.15, -0.1) is 0 Å². The van der Waals surface area contributed by atoms with Gasteiger partial charge in [-0.2, -0.15) is 10.2 Å². The molecule has 24 heavy (non-hydrogen) atoms. The third kappa shape index (κ3) is 4.90. The zero-order valence-corrected chi connectivity index (χ0v) is 13.6. The first-order chi connectivity index (χ1) is 11.7. The normalized spacial score (nSPS) is 19.2. The van der Waals surface area contributed by atoms with Crippen LogP contribution in [0.25, 0.3) is 0 Å². The summed E-state index contributed by atoms with van der Waals surface area (Å²) in [5.41, 5.74) is 1.10. The van der Waals surface area contributed by atoms with Crippen LogP contribution < -0.4 is 0 Å². The number of aliphatic carboxylic acids is 1. The van der Waals surface area contributed by atoms with Gasteiger partial charge in [0, 0.05) is 50.4 Å². The van der Waals surface area contributed by atoms with E-state index in [0.717, 1.165) is 44.8 Å². The predicted molar refractivity (Wildman–Crippen MR) is 86.3 cm³/mol. The van der Waals surface area contributed by atoms with Crippen molar-refractivity contribution in [1.82, 2.24) is 24.5 Å². The van der Waals surface area contributed by atoms with Crippen LogP contribution >= 0.6 is 0 Å². The van der Waals surface area contributed by atoms with Gasteiger partial charge >= 0.3 is 5.97 Å². The maximum absolute atomic E-state index is 10.6. The first-order valence-corrected chi connectivity index (χ1v) is 8.23. The zero-order valence-electron chi connectivity index (χ0n) is 13.6. The van der Waals surface area contributed by atoms with E-state index >= 15 is 0 Å². The minimum atomic E-state index is -0.807. The first kappa shape index (κ1) is 16.7. The molecule has 1 atom stereocenters. The zero-order chi connectivity index (χ0) is 16.8. The summed E-state index contributed by atoms with van der Waals surface area (Å²) in [6.07, 6.45) is 8.68. The summed E-state index contributed by atoms with van der Waals surface area (Å²) >= 11 is 0. The van der Waals surface area contributed by atoms with E-state index in [4.69, 9.17) is 9.84 Å². The first-order valence-electron chi connectivity index (χ1n) is 8.23. The molecule has 2 aromatic heterocycles. The smallest absolute Gasteiger partial charge is 0.305 e. The highest BCUT2D eigenvalue weighted by atomic mass is 16.5. The molecule has 0 aromatic carbocycles. The van der Waals surface area contributed by atoms with Crippen molar-refractivity contribution in [2.24, 2.45) is 0 Å². The van der Waals surface area contributed by atoms with Gasteiger partial charge in [0.05, 0.1) is 31.8 Å². The molecule has 2 aromatic rings. The standard InChI is InChI=1S/C16H23N5O3/c22-16(23)3-7-21-11-14(9-18-21)10-19-5-2-8-24-15(12-19)13-20-6-1-4-17-20/h1,4,6,9,11,15H,2-3,5,7-8,10,12-13H2,(H,22,23). The lowest BCUT2D eigenvalue weighted by molar-refractivity contribution is -0.137. The fraction of sp³-hybridized carbons (Fsp3) is 0.562. The molecule has 0 saturated carbocycles. The molecule has 130 valence electrons. The molecule has 1 aliphatic heterocycles. The summed E-state index contributed by atoms with van der Waals surface area (Å²) in [6.45, 7) is 4.55. The molecular weight excluding hydrogens is 310 g/mol. The van der Waals surface area contributed by atoms with Crippen LogP contribution in [-0.4, -0.2) is 61.3 Å². The maximum atomic E-state index is 10.6. The molecule has 0 bridgehead atoms. The van der Waals surface area contributed by atoms with Gasteiger partial charge in [-0.3, -0.25) is 19.1 Å². The lowest BCUT2D eigenvalue weighted by Gasteiger charge is -2.23. The van der Waals surface area contributed by atoms with Crippen molar-refractivity contribution in [1.29, 1.82) is 0 Å². The Morgan fingerprint density at radius 1 is 1.38 bits per heavy atom. The predicted octanol–water partition coefficient (Wildman–Crippen LogP) is 0.845. The molecule has 0 aliphatic carbocycles. The number of hydrogen-bond donors (Lipinski definition) is 1. The molecule has 1 fully saturated rings. The lowest BCUT2D eigenvalue weighted by atomic mass is 10.2. The van der Waals surface area contributed by atoms with E-state index in [0.29, 0.717) is 6.54 Å². The Labute approximate surface area is 140 Å². The van der Waals surface area contributed by atoms with Gasteiger partial charge in [-0.25, -0.2) is 0 Å². The highest BCUT2D eigenvalue weighted by Crippen LogP contribution is 2.12. The quantitative estimate of drug-likeness (QED) is 0.808. The Balaban J connectivity index is 1.54. The number of nitrogens with zero attached hydrogens (tertiary/aromatic N) is 5. The van der Waals surface area contributed by atoms with Crippen LogP contribution in [0.4, 0.5) is 0 Å². The van der Waals surface area contributed by atoms with Crippen molar-refractivity contribution in [3.05, 3.63) is 36.4 Å². The minimum absolute atomic E-state index is 0.0879. The Hall–Kier alpha value is -2.19. The molecule has 3 heterocycles. The third-order valence-electron chi connectivity index (χ3n) is 4.03. The van der Waals surface area contributed by atoms with Crippen LogP contribution in [0.2, 0.25) is 0 Å². The van der Waals surface area contributed by atoms with Gasteiger partial charge in [0.25, 0.3) is 0 Å². The largest absolute Gasteiger partial charge is 0.481 e. The SMILES string of the molecule is O=C(O)CCn1cc(CN2CCCOC(Cn3cccn3)C2)cn1. The van der Waals surface area contributed by atoms with E-state index in [1.807, 2.05) is 29.3 Å². The average Bonchev–Trinajstić information content (AvgIpc) is 3.16. The molecule has 3 rings (SSSR count). The summed E-state index contributed by atoms with van der Waals surface area (Å²) in [5.74, 6) is -0.807. The molecule has 1 saturated heterocycles. The van der Waals surface area contributed by atoms with E-state index < -0.39 is 5.97 Å². The Morgan fingerprint density at radius 2 is 2.29 bits per heavy atom. The van der Waals surface area contributed by atoms with Gasteiger partial charge in [-0.05, 0) is 12.5 Å². The fourth-order valence-electron chi connectivity index (χ4n) is 2.92. The van der Waals surface area contributed by atoms with Crippen LogP contribution in [0.5, 0.6) is 0 Å². The van der Waals surface area contributed by atoms with Crippen LogP contribution in [0, 0.1) is 0 Å². The number of hydrogen-bond acceptors (Lipinski definition) is 5. The number of ether oxygens (including phenoxy) is 1. The van der Waals surface area contributed by atoms with E-state index in [9.17, 15) is 4.79 Å². The third-order valence-corrected chi connectivity index (χ3v) is 4.03. The molecule has 1 N–H and O–H groups in total. The van der Waals surface area contributed by atoms with Crippen molar-refractivity contribution < 1.29 is 14.6 Å². The second kappa shape index (κ2) is 8.07. The Kier molecular flexibility index (Phi) is 5.60. The number of carboxylic acids is 1. The number of aryl methyl sites for hydroxylation is 1. The van der Waals surface area contributed by atoms with Gasteiger partial charge < -0.3 is 9.84 Å². The topological polar surface area (TPSA) is 85.4 Å². The average molecular weight is 333 g/mol. The molecule has 1 aliphatic rings. The second-order valence-electron chi connectivity index (χ2n) is 6.06. The van der Waals surface area contributed by atoms with Crippen molar-refractivity contribution in [2.45, 2.75) is 38.6 Å². The van der Waals surface area contributed by atoms with E-state index in [-0.39, 0.29) is 12.5 Å². The molecule has 0 amide bonds. The lowest BCUT2D eigenvalue weighted by Crippen LogP contribution is -2.34. The number of aromatic nitrogens is 4. The van der Waals surface area contributed by atoms with E-state index in [1.54, 1.807) is 10.9 Å². The van der Waals surface area contributed by atoms with Crippen LogP contribution in [0.15, 0.2) is 30.9 Å². The molecule has 0 spiro atoms. The summed E-state index contributed by atoms with van der Waals surface area (Å²) in [6, 6.07) is 1.92. The molecular formula is C16H23N5O3. The Morgan fingerprint density at radius 3 is 3.08 bits per heavy atom. The molecule has 0 radical (unpaired) electrons. The van der Waals surface area contributed by atoms with Crippen molar-refractivity contribution in [2.75, 3.05) is 19.7 Å². The van der Waals surface area contributed by atoms with Crippen molar-refractivity contribution in [3.63, 3.8) is 0 Å². The fourth-order valence-corrected chi connectivity index (χ4v) is 2.92. The van der Waals surface area contributed by atoms with E-state index in [1.165, 1.54) is 0 Å². The maximum Gasteiger partial charge on any atom is 0.305 e. The Bertz CT molecular complexity index is 640. The number of carbonyl (C=O) groups is 1. The van der Waals surface area contributed by atoms with Crippen molar-refractivity contribution in [3.8, 4) is 0 Å². The molecule has 8 heteroatoms. The summed E-state index contributed by atoms with van der Waals surface area (Å²) < 4.78 is 9.52. The second-order valence-corrected chi connectivity index (χ2v) is 6.06. The van der Waals surface area contributed by atoms with Crippen molar-refractivity contribution >= 4 is 5.97 Å². The van der Waals surface area contributed by atoms with Crippen LogP contribution in [0.1, 0.15) is 18.4 Å².